The van der Waals surface area contributed by atoms with E-state index in [2.05, 4.69) is 0 Å². The molecule has 0 aromatic carbocycles. The van der Waals surface area contributed by atoms with Crippen molar-refractivity contribution in [3.05, 3.63) is 28.0 Å². The fourth-order valence-corrected chi connectivity index (χ4v) is 2.75. The van der Waals surface area contributed by atoms with Crippen LogP contribution >= 0.6 is 11.3 Å². The fourth-order valence-electron chi connectivity index (χ4n) is 1.90. The fraction of sp³-hybridized carbons (Fsp3) is 0.333. The molecule has 0 saturated carbocycles. The third-order valence-corrected chi connectivity index (χ3v) is 3.76. The first-order valence-corrected chi connectivity index (χ1v) is 6.34. The molecule has 0 unspecified atom stereocenters. The second kappa shape index (κ2) is 5.22. The third kappa shape index (κ3) is 2.38. The molecule has 2 heterocycles. The molecule has 1 aromatic rings. The molecule has 0 spiro atoms. The monoisotopic (exact) mass is 267 g/mol. The van der Waals surface area contributed by atoms with Gasteiger partial charge in [-0.15, -0.1) is 11.3 Å². The lowest BCUT2D eigenvalue weighted by molar-refractivity contribution is 0.0605. The topological polar surface area (TPSA) is 66.8 Å². The molecule has 1 aromatic heterocycles. The normalized spacial score (nSPS) is 15.2. The summed E-state index contributed by atoms with van der Waals surface area (Å²) in [5, 5.41) is 10.7. The van der Waals surface area contributed by atoms with E-state index in [9.17, 15) is 9.59 Å². The number of nitrogens with zero attached hydrogens (tertiary/aromatic N) is 1. The molecule has 0 bridgehead atoms. The van der Waals surface area contributed by atoms with Crippen LogP contribution in [0.4, 0.5) is 4.79 Å². The summed E-state index contributed by atoms with van der Waals surface area (Å²) in [4.78, 5) is 24.3. The number of methoxy groups -OCH3 is 1. The van der Waals surface area contributed by atoms with E-state index in [0.717, 1.165) is 11.1 Å². The molecule has 0 aliphatic carbocycles. The van der Waals surface area contributed by atoms with Crippen molar-refractivity contribution >= 4 is 29.0 Å². The maximum Gasteiger partial charge on any atom is 0.407 e. The Labute approximate surface area is 108 Å². The average molecular weight is 267 g/mol. The van der Waals surface area contributed by atoms with Gasteiger partial charge in [-0.25, -0.2) is 9.59 Å². The third-order valence-electron chi connectivity index (χ3n) is 2.86. The summed E-state index contributed by atoms with van der Waals surface area (Å²) in [6, 6.07) is 1.87. The summed E-state index contributed by atoms with van der Waals surface area (Å²) in [5.74, 6) is -0.346. The molecule has 6 heteroatoms. The van der Waals surface area contributed by atoms with E-state index in [1.165, 1.54) is 23.3 Å². The minimum atomic E-state index is -0.913. The molecule has 1 aliphatic heterocycles. The van der Waals surface area contributed by atoms with Crippen molar-refractivity contribution in [1.82, 2.24) is 4.90 Å². The summed E-state index contributed by atoms with van der Waals surface area (Å²) in [7, 11) is 1.35. The quantitative estimate of drug-likeness (QED) is 0.835. The molecule has 1 amide bonds. The maximum atomic E-state index is 11.6. The number of hydrogen-bond donors (Lipinski definition) is 1. The summed E-state index contributed by atoms with van der Waals surface area (Å²) in [6.45, 7) is 0.818. The number of thiophene rings is 1. The zero-order valence-corrected chi connectivity index (χ0v) is 10.7. The predicted octanol–water partition coefficient (Wildman–Crippen LogP) is 2.30. The van der Waals surface area contributed by atoms with Crippen LogP contribution in [0, 0.1) is 0 Å². The Morgan fingerprint density at radius 2 is 2.28 bits per heavy atom. The van der Waals surface area contributed by atoms with Gasteiger partial charge in [-0.05, 0) is 23.4 Å². The van der Waals surface area contributed by atoms with Gasteiger partial charge in [-0.3, -0.25) is 0 Å². The molecular formula is C12H13NO4S. The van der Waals surface area contributed by atoms with E-state index in [0.29, 0.717) is 24.4 Å². The first-order valence-electron chi connectivity index (χ1n) is 5.46. The molecule has 0 atom stereocenters. The molecule has 2 rings (SSSR count). The Hall–Kier alpha value is -1.82. The molecule has 5 nitrogen and oxygen atoms in total. The van der Waals surface area contributed by atoms with Crippen LogP contribution in [-0.4, -0.2) is 42.3 Å². The van der Waals surface area contributed by atoms with Crippen molar-refractivity contribution in [2.24, 2.45) is 0 Å². The van der Waals surface area contributed by atoms with Gasteiger partial charge in [0, 0.05) is 18.7 Å². The van der Waals surface area contributed by atoms with Gasteiger partial charge >= 0.3 is 12.1 Å². The van der Waals surface area contributed by atoms with Crippen molar-refractivity contribution in [2.45, 2.75) is 6.42 Å². The highest BCUT2D eigenvalue weighted by Gasteiger charge is 2.21. The van der Waals surface area contributed by atoms with Gasteiger partial charge in [-0.2, -0.15) is 0 Å². The van der Waals surface area contributed by atoms with Gasteiger partial charge in [0.25, 0.3) is 0 Å². The van der Waals surface area contributed by atoms with Crippen LogP contribution < -0.4 is 0 Å². The molecule has 18 heavy (non-hydrogen) atoms. The zero-order chi connectivity index (χ0) is 13.1. The van der Waals surface area contributed by atoms with Crippen LogP contribution in [0.3, 0.4) is 0 Å². The lowest BCUT2D eigenvalue weighted by atomic mass is 10.0. The summed E-state index contributed by atoms with van der Waals surface area (Å²) >= 11 is 1.34. The van der Waals surface area contributed by atoms with Crippen LogP contribution in [0.1, 0.15) is 21.7 Å². The standard InChI is InChI=1S/C12H13NO4S/c1-17-11(14)10-9(4-7-18-10)8-2-5-13(6-3-8)12(15)16/h2,4,7H,3,5-6H2,1H3,(H,15,16). The summed E-state index contributed by atoms with van der Waals surface area (Å²) in [6.07, 6.45) is 1.56. The highest BCUT2D eigenvalue weighted by molar-refractivity contribution is 7.12. The minimum absolute atomic E-state index is 0.346. The molecule has 1 aliphatic rings. The van der Waals surface area contributed by atoms with E-state index >= 15 is 0 Å². The Bertz CT molecular complexity index is 506. The van der Waals surface area contributed by atoms with Gasteiger partial charge in [0.15, 0.2) is 0 Å². The van der Waals surface area contributed by atoms with Gasteiger partial charge in [0.05, 0.1) is 7.11 Å². The maximum absolute atomic E-state index is 11.6. The highest BCUT2D eigenvalue weighted by Crippen LogP contribution is 2.29. The van der Waals surface area contributed by atoms with Gasteiger partial charge < -0.3 is 14.7 Å². The number of esters is 1. The number of hydrogen-bond acceptors (Lipinski definition) is 4. The van der Waals surface area contributed by atoms with E-state index in [4.69, 9.17) is 9.84 Å². The van der Waals surface area contributed by atoms with Crippen LogP contribution in [0.15, 0.2) is 17.5 Å². The smallest absolute Gasteiger partial charge is 0.407 e. The summed E-state index contributed by atoms with van der Waals surface area (Å²) in [5.41, 5.74) is 1.87. The van der Waals surface area contributed by atoms with Crippen molar-refractivity contribution in [3.63, 3.8) is 0 Å². The van der Waals surface area contributed by atoms with E-state index < -0.39 is 6.09 Å². The van der Waals surface area contributed by atoms with Crippen LogP contribution in [-0.2, 0) is 4.74 Å². The van der Waals surface area contributed by atoms with Crippen LogP contribution in [0.5, 0.6) is 0 Å². The van der Waals surface area contributed by atoms with Gasteiger partial charge in [0.2, 0.25) is 0 Å². The second-order valence-electron chi connectivity index (χ2n) is 3.86. The first-order chi connectivity index (χ1) is 8.63. The highest BCUT2D eigenvalue weighted by atomic mass is 32.1. The van der Waals surface area contributed by atoms with E-state index in [-0.39, 0.29) is 5.97 Å². The second-order valence-corrected chi connectivity index (χ2v) is 4.78. The zero-order valence-electron chi connectivity index (χ0n) is 9.88. The average Bonchev–Trinajstić information content (AvgIpc) is 2.87. The number of rotatable bonds is 2. The molecular weight excluding hydrogens is 254 g/mol. The summed E-state index contributed by atoms with van der Waals surface area (Å²) < 4.78 is 4.73. The van der Waals surface area contributed by atoms with E-state index in [1.54, 1.807) is 0 Å². The lowest BCUT2D eigenvalue weighted by Gasteiger charge is -2.23. The van der Waals surface area contributed by atoms with Crippen molar-refractivity contribution in [1.29, 1.82) is 0 Å². The minimum Gasteiger partial charge on any atom is -0.465 e. The largest absolute Gasteiger partial charge is 0.465 e. The Kier molecular flexibility index (Phi) is 3.66. The Balaban J connectivity index is 2.21. The Morgan fingerprint density at radius 1 is 1.50 bits per heavy atom. The van der Waals surface area contributed by atoms with Crippen molar-refractivity contribution < 1.29 is 19.4 Å². The number of amides is 1. The molecule has 0 radical (unpaired) electrons. The Morgan fingerprint density at radius 3 is 2.83 bits per heavy atom. The van der Waals surface area contributed by atoms with Crippen molar-refractivity contribution in [3.8, 4) is 0 Å². The van der Waals surface area contributed by atoms with Gasteiger partial charge in [0.1, 0.15) is 4.88 Å². The molecule has 0 fully saturated rings. The van der Waals surface area contributed by atoms with E-state index in [1.807, 2.05) is 17.5 Å². The number of carboxylic acid groups (broad SMARTS) is 1. The van der Waals surface area contributed by atoms with Gasteiger partial charge in [-0.1, -0.05) is 6.08 Å². The SMILES string of the molecule is COC(=O)c1sccc1C1=CCN(C(=O)O)CC1. The first kappa shape index (κ1) is 12.6. The van der Waals surface area contributed by atoms with Crippen LogP contribution in [0.25, 0.3) is 5.57 Å². The molecule has 1 N–H and O–H groups in total. The number of carbonyl (C=O) groups is 2. The lowest BCUT2D eigenvalue weighted by Crippen LogP contribution is -2.33. The van der Waals surface area contributed by atoms with Crippen LogP contribution in [0.2, 0.25) is 0 Å². The molecule has 0 saturated heterocycles. The molecule has 96 valence electrons. The number of ether oxygens (including phenoxy) is 1. The predicted molar refractivity (Wildman–Crippen MR) is 67.9 cm³/mol. The number of carbonyl (C=O) groups excluding carboxylic acids is 1. The van der Waals surface area contributed by atoms with Crippen molar-refractivity contribution in [2.75, 3.05) is 20.2 Å².